The first-order valence-corrected chi connectivity index (χ1v) is 10.4. The molecule has 0 aliphatic carbocycles. The molecule has 8 nitrogen and oxygen atoms in total. The van der Waals surface area contributed by atoms with Gasteiger partial charge in [-0.15, -0.1) is 0 Å². The molecule has 152 valence electrons. The van der Waals surface area contributed by atoms with E-state index in [0.717, 1.165) is 10.9 Å². The maximum Gasteiger partial charge on any atom is 0.291 e. The number of furan rings is 1. The van der Waals surface area contributed by atoms with Crippen molar-refractivity contribution in [2.45, 2.75) is 10.9 Å². The molecule has 0 saturated carbocycles. The van der Waals surface area contributed by atoms with Crippen molar-refractivity contribution >= 4 is 34.3 Å². The number of thioether (sulfide) groups is 1. The van der Waals surface area contributed by atoms with Crippen LogP contribution in [0.15, 0.2) is 89.2 Å². The Labute approximate surface area is 181 Å². The monoisotopic (exact) mass is 428 g/mol. The topological polar surface area (TPSA) is 98.7 Å². The van der Waals surface area contributed by atoms with E-state index in [-0.39, 0.29) is 11.7 Å². The Balaban J connectivity index is 1.48. The summed E-state index contributed by atoms with van der Waals surface area (Å²) in [7, 11) is 0. The van der Waals surface area contributed by atoms with Crippen LogP contribution in [0.25, 0.3) is 16.7 Å². The molecule has 0 aliphatic rings. The van der Waals surface area contributed by atoms with Gasteiger partial charge < -0.3 is 9.73 Å². The van der Waals surface area contributed by atoms with Crippen LogP contribution in [-0.2, 0) is 5.75 Å². The number of hydrogen-bond donors (Lipinski definition) is 1. The maximum atomic E-state index is 13.2. The Morgan fingerprint density at radius 2 is 1.84 bits per heavy atom. The average molecular weight is 428 g/mol. The van der Waals surface area contributed by atoms with Gasteiger partial charge in [0.15, 0.2) is 10.9 Å². The van der Waals surface area contributed by atoms with E-state index < -0.39 is 0 Å². The molecule has 0 spiro atoms. The number of fused-ring (bicyclic) bond motifs is 1. The summed E-state index contributed by atoms with van der Waals surface area (Å²) in [6.45, 7) is 0. The molecule has 2 aromatic carbocycles. The molecule has 9 heteroatoms. The summed E-state index contributed by atoms with van der Waals surface area (Å²) in [5.41, 5.74) is 2.76. The van der Waals surface area contributed by atoms with Gasteiger partial charge in [-0.2, -0.15) is 5.10 Å². The van der Waals surface area contributed by atoms with Gasteiger partial charge in [0, 0.05) is 29.1 Å². The third-order valence-corrected chi connectivity index (χ3v) is 5.51. The molecule has 0 unspecified atom stereocenters. The molecule has 5 rings (SSSR count). The number of anilines is 1. The molecule has 1 amide bonds. The highest BCUT2D eigenvalue weighted by Gasteiger charge is 2.22. The van der Waals surface area contributed by atoms with Crippen LogP contribution >= 0.6 is 11.8 Å². The van der Waals surface area contributed by atoms with Crippen molar-refractivity contribution in [3.8, 4) is 5.69 Å². The molecule has 0 radical (unpaired) electrons. The van der Waals surface area contributed by atoms with Gasteiger partial charge in [0.2, 0.25) is 0 Å². The number of nitrogens with one attached hydrogen (secondary N) is 1. The van der Waals surface area contributed by atoms with Crippen LogP contribution in [0.5, 0.6) is 0 Å². The fourth-order valence-corrected chi connectivity index (χ4v) is 4.04. The highest BCUT2D eigenvalue weighted by atomic mass is 32.2. The number of carbonyl (C=O) groups is 1. The summed E-state index contributed by atoms with van der Waals surface area (Å²) in [4.78, 5) is 25.7. The molecule has 0 bridgehead atoms. The van der Waals surface area contributed by atoms with Gasteiger partial charge in [0.05, 0.1) is 11.4 Å². The zero-order chi connectivity index (χ0) is 21.0. The van der Waals surface area contributed by atoms with Gasteiger partial charge in [0.25, 0.3) is 5.91 Å². The lowest BCUT2D eigenvalue weighted by atomic mass is 10.1. The van der Waals surface area contributed by atoms with Gasteiger partial charge in [-0.05, 0) is 24.3 Å². The number of amides is 1. The van der Waals surface area contributed by atoms with E-state index in [9.17, 15) is 4.79 Å². The number of aromatic nitrogens is 5. The van der Waals surface area contributed by atoms with Crippen molar-refractivity contribution in [3.63, 3.8) is 0 Å². The molecule has 3 heterocycles. The standard InChI is InChI=1S/C22H16N6O2S/c29-21(27-17-7-2-3-8-18(17)28-14-23-13-26-28)20-16(12-31-22-24-10-5-11-25-22)15-6-1-4-9-19(15)30-20/h1-11,13-14H,12H2,(H,27,29). The van der Waals surface area contributed by atoms with Crippen molar-refractivity contribution in [2.75, 3.05) is 5.32 Å². The average Bonchev–Trinajstić information content (AvgIpc) is 3.47. The minimum atomic E-state index is -0.339. The Hall–Kier alpha value is -3.98. The largest absolute Gasteiger partial charge is 0.451 e. The normalized spacial score (nSPS) is 11.0. The number of hydrogen-bond acceptors (Lipinski definition) is 7. The summed E-state index contributed by atoms with van der Waals surface area (Å²) in [6.07, 6.45) is 6.40. The summed E-state index contributed by atoms with van der Waals surface area (Å²) in [5, 5.41) is 8.63. The third kappa shape index (κ3) is 3.90. The first kappa shape index (κ1) is 19.0. The van der Waals surface area contributed by atoms with Crippen LogP contribution in [-0.4, -0.2) is 30.6 Å². The van der Waals surface area contributed by atoms with Crippen molar-refractivity contribution in [1.82, 2.24) is 24.7 Å². The molecular weight excluding hydrogens is 412 g/mol. The fourth-order valence-electron chi connectivity index (χ4n) is 3.21. The predicted molar refractivity (Wildman–Crippen MR) is 117 cm³/mol. The summed E-state index contributed by atoms with van der Waals surface area (Å²) in [6, 6.07) is 16.7. The Bertz CT molecular complexity index is 1330. The van der Waals surface area contributed by atoms with E-state index in [0.29, 0.717) is 27.9 Å². The van der Waals surface area contributed by atoms with Crippen molar-refractivity contribution < 1.29 is 9.21 Å². The van der Waals surface area contributed by atoms with Gasteiger partial charge in [-0.3, -0.25) is 4.79 Å². The number of para-hydroxylation sites is 3. The highest BCUT2D eigenvalue weighted by Crippen LogP contribution is 2.32. The Kier molecular flexibility index (Phi) is 5.16. The predicted octanol–water partition coefficient (Wildman–Crippen LogP) is 4.35. The minimum absolute atomic E-state index is 0.262. The van der Waals surface area contributed by atoms with E-state index in [1.54, 1.807) is 29.5 Å². The minimum Gasteiger partial charge on any atom is -0.451 e. The molecule has 31 heavy (non-hydrogen) atoms. The molecule has 0 atom stereocenters. The van der Waals surface area contributed by atoms with E-state index in [1.807, 2.05) is 48.5 Å². The summed E-state index contributed by atoms with van der Waals surface area (Å²) in [5.74, 6) is 0.417. The van der Waals surface area contributed by atoms with Crippen molar-refractivity contribution in [1.29, 1.82) is 0 Å². The van der Waals surface area contributed by atoms with Gasteiger partial charge in [-0.25, -0.2) is 19.6 Å². The molecule has 0 fully saturated rings. The van der Waals surface area contributed by atoms with Crippen LogP contribution in [0.2, 0.25) is 0 Å². The number of rotatable bonds is 6. The zero-order valence-electron chi connectivity index (χ0n) is 16.2. The van der Waals surface area contributed by atoms with Crippen molar-refractivity contribution in [2.24, 2.45) is 0 Å². The number of carbonyl (C=O) groups excluding carboxylic acids is 1. The summed E-state index contributed by atoms with van der Waals surface area (Å²) >= 11 is 1.45. The van der Waals surface area contributed by atoms with Crippen LogP contribution < -0.4 is 5.32 Å². The smallest absolute Gasteiger partial charge is 0.291 e. The zero-order valence-corrected chi connectivity index (χ0v) is 17.0. The van der Waals surface area contributed by atoms with E-state index in [1.165, 1.54) is 18.1 Å². The number of nitrogens with zero attached hydrogens (tertiary/aromatic N) is 5. The van der Waals surface area contributed by atoms with Gasteiger partial charge in [0.1, 0.15) is 18.2 Å². The lowest BCUT2D eigenvalue weighted by Gasteiger charge is -2.10. The third-order valence-electron chi connectivity index (χ3n) is 4.61. The lowest BCUT2D eigenvalue weighted by Crippen LogP contribution is -2.14. The second kappa shape index (κ2) is 8.41. The van der Waals surface area contributed by atoms with Gasteiger partial charge in [-0.1, -0.05) is 42.1 Å². The summed E-state index contributed by atoms with van der Waals surface area (Å²) < 4.78 is 7.55. The van der Waals surface area contributed by atoms with Crippen LogP contribution in [0.1, 0.15) is 16.1 Å². The second-order valence-electron chi connectivity index (χ2n) is 6.54. The van der Waals surface area contributed by atoms with Gasteiger partial charge >= 0.3 is 0 Å². The first-order chi connectivity index (χ1) is 15.3. The molecule has 5 aromatic rings. The molecule has 0 saturated heterocycles. The highest BCUT2D eigenvalue weighted by molar-refractivity contribution is 7.98. The van der Waals surface area contributed by atoms with Crippen molar-refractivity contribution in [3.05, 3.63) is 91.0 Å². The second-order valence-corrected chi connectivity index (χ2v) is 7.48. The van der Waals surface area contributed by atoms with E-state index >= 15 is 0 Å². The van der Waals surface area contributed by atoms with Crippen LogP contribution in [0.3, 0.4) is 0 Å². The number of benzene rings is 2. The molecule has 0 aliphatic heterocycles. The fraction of sp³-hybridized carbons (Fsp3) is 0.0455. The molecule has 1 N–H and O–H groups in total. The first-order valence-electron chi connectivity index (χ1n) is 9.45. The maximum absolute atomic E-state index is 13.2. The quantitative estimate of drug-likeness (QED) is 0.317. The molecular formula is C22H16N6O2S. The van der Waals surface area contributed by atoms with Crippen LogP contribution in [0.4, 0.5) is 5.69 Å². The van der Waals surface area contributed by atoms with E-state index in [2.05, 4.69) is 25.4 Å². The molecule has 3 aromatic heterocycles. The van der Waals surface area contributed by atoms with E-state index in [4.69, 9.17) is 4.42 Å². The Morgan fingerprint density at radius 1 is 1.03 bits per heavy atom. The van der Waals surface area contributed by atoms with Crippen LogP contribution in [0, 0.1) is 0 Å². The Morgan fingerprint density at radius 3 is 2.68 bits per heavy atom. The SMILES string of the molecule is O=C(Nc1ccccc1-n1cncn1)c1oc2ccccc2c1CSc1ncccn1. The lowest BCUT2D eigenvalue weighted by molar-refractivity contribution is 0.0998.